The van der Waals surface area contributed by atoms with Crippen molar-refractivity contribution in [3.05, 3.63) is 59.7 Å². The maximum absolute atomic E-state index is 12.7. The second kappa shape index (κ2) is 8.43. The molecule has 0 aliphatic rings. The van der Waals surface area contributed by atoms with Crippen molar-refractivity contribution in [2.75, 3.05) is 17.7 Å². The van der Waals surface area contributed by atoms with Crippen LogP contribution >= 0.6 is 0 Å². The fourth-order valence-corrected chi connectivity index (χ4v) is 3.99. The Hall–Kier alpha value is -2.54. The number of anilines is 1. The highest BCUT2D eigenvalue weighted by atomic mass is 32.2. The molecule has 27 heavy (non-hydrogen) atoms. The van der Waals surface area contributed by atoms with Gasteiger partial charge in [0.1, 0.15) is 11.8 Å². The van der Waals surface area contributed by atoms with Gasteiger partial charge in [-0.05, 0) is 50.6 Å². The first-order valence-electron chi connectivity index (χ1n) is 8.64. The molecule has 0 bridgehead atoms. The number of carbonyl (C=O) groups is 1. The zero-order valence-corrected chi connectivity index (χ0v) is 17.1. The largest absolute Gasteiger partial charge is 0.497 e. The Balaban J connectivity index is 2.22. The van der Waals surface area contributed by atoms with Gasteiger partial charge in [0.25, 0.3) is 0 Å². The summed E-state index contributed by atoms with van der Waals surface area (Å²) in [6, 6.07) is 13.3. The monoisotopic (exact) mass is 390 g/mol. The van der Waals surface area contributed by atoms with Gasteiger partial charge in [0, 0.05) is 0 Å². The Morgan fingerprint density at radius 2 is 1.59 bits per heavy atom. The summed E-state index contributed by atoms with van der Waals surface area (Å²) in [7, 11) is -2.12. The average Bonchev–Trinajstić information content (AvgIpc) is 2.61. The number of hydrogen-bond acceptors (Lipinski definition) is 4. The summed E-state index contributed by atoms with van der Waals surface area (Å²) in [5, 5.41) is 2.89. The SMILES string of the molecule is COc1ccc(N([C@H](C)C(=O)N[C@H](C)c2ccc(C)cc2)S(C)(=O)=O)cc1. The number of nitrogens with zero attached hydrogens (tertiary/aromatic N) is 1. The number of rotatable bonds is 7. The Morgan fingerprint density at radius 1 is 1.04 bits per heavy atom. The van der Waals surface area contributed by atoms with E-state index in [-0.39, 0.29) is 11.9 Å². The highest BCUT2D eigenvalue weighted by molar-refractivity contribution is 7.92. The number of nitrogens with one attached hydrogen (secondary N) is 1. The van der Waals surface area contributed by atoms with Gasteiger partial charge in [-0.3, -0.25) is 9.10 Å². The molecule has 7 heteroatoms. The lowest BCUT2D eigenvalue weighted by atomic mass is 10.1. The van der Waals surface area contributed by atoms with E-state index >= 15 is 0 Å². The van der Waals surface area contributed by atoms with E-state index in [2.05, 4.69) is 5.32 Å². The quantitative estimate of drug-likeness (QED) is 0.788. The molecule has 1 amide bonds. The van der Waals surface area contributed by atoms with Crippen molar-refractivity contribution in [1.82, 2.24) is 5.32 Å². The molecule has 0 heterocycles. The van der Waals surface area contributed by atoms with Crippen molar-refractivity contribution in [1.29, 1.82) is 0 Å². The second-order valence-corrected chi connectivity index (χ2v) is 8.43. The first kappa shape index (κ1) is 20.8. The summed E-state index contributed by atoms with van der Waals surface area (Å²) in [5.41, 5.74) is 2.49. The molecule has 2 aromatic carbocycles. The molecular formula is C20H26N2O4S. The highest BCUT2D eigenvalue weighted by Crippen LogP contribution is 2.24. The summed E-state index contributed by atoms with van der Waals surface area (Å²) < 4.78 is 30.9. The molecule has 0 fully saturated rings. The van der Waals surface area contributed by atoms with Gasteiger partial charge in [0.2, 0.25) is 15.9 Å². The van der Waals surface area contributed by atoms with Gasteiger partial charge in [0.05, 0.1) is 25.1 Å². The lowest BCUT2D eigenvalue weighted by Gasteiger charge is -2.29. The molecule has 0 aromatic heterocycles. The van der Waals surface area contributed by atoms with Crippen molar-refractivity contribution in [3.63, 3.8) is 0 Å². The number of hydrogen-bond donors (Lipinski definition) is 1. The van der Waals surface area contributed by atoms with E-state index in [1.54, 1.807) is 31.2 Å². The lowest BCUT2D eigenvalue weighted by Crippen LogP contribution is -2.48. The lowest BCUT2D eigenvalue weighted by molar-refractivity contribution is -0.122. The maximum atomic E-state index is 12.7. The molecule has 0 saturated carbocycles. The van der Waals surface area contributed by atoms with E-state index in [0.29, 0.717) is 11.4 Å². The van der Waals surface area contributed by atoms with Gasteiger partial charge in [-0.1, -0.05) is 29.8 Å². The molecular weight excluding hydrogens is 364 g/mol. The van der Waals surface area contributed by atoms with Crippen LogP contribution in [0.1, 0.15) is 31.0 Å². The first-order chi connectivity index (χ1) is 12.6. The minimum absolute atomic E-state index is 0.238. The molecule has 2 rings (SSSR count). The third-order valence-corrected chi connectivity index (χ3v) is 5.59. The Labute approximate surface area is 161 Å². The molecule has 146 valence electrons. The standard InChI is InChI=1S/C20H26N2O4S/c1-14-6-8-17(9-7-14)15(2)21-20(23)16(3)22(27(5,24)25)18-10-12-19(26-4)13-11-18/h6-13,15-16H,1-5H3,(H,21,23)/t15-,16-/m1/s1. The van der Waals surface area contributed by atoms with Gasteiger partial charge < -0.3 is 10.1 Å². The summed E-state index contributed by atoms with van der Waals surface area (Å²) in [6.07, 6.45) is 1.09. The average molecular weight is 391 g/mol. The van der Waals surface area contributed by atoms with E-state index in [9.17, 15) is 13.2 Å². The minimum atomic E-state index is -3.66. The van der Waals surface area contributed by atoms with Gasteiger partial charge in [0.15, 0.2) is 0 Å². The molecule has 0 saturated heterocycles. The number of aryl methyl sites for hydroxylation is 1. The van der Waals surface area contributed by atoms with Crippen molar-refractivity contribution < 1.29 is 17.9 Å². The zero-order valence-electron chi connectivity index (χ0n) is 16.3. The van der Waals surface area contributed by atoms with Crippen LogP contribution < -0.4 is 14.4 Å². The summed E-state index contributed by atoms with van der Waals surface area (Å²) in [6.45, 7) is 5.43. The van der Waals surface area contributed by atoms with Gasteiger partial charge in [-0.15, -0.1) is 0 Å². The van der Waals surface area contributed by atoms with Crippen molar-refractivity contribution in [2.45, 2.75) is 32.9 Å². The number of ether oxygens (including phenoxy) is 1. The fraction of sp³-hybridized carbons (Fsp3) is 0.350. The maximum Gasteiger partial charge on any atom is 0.244 e. The summed E-state index contributed by atoms with van der Waals surface area (Å²) in [4.78, 5) is 12.7. The van der Waals surface area contributed by atoms with Crippen molar-refractivity contribution in [2.24, 2.45) is 0 Å². The molecule has 1 N–H and O–H groups in total. The van der Waals surface area contributed by atoms with E-state index in [1.165, 1.54) is 7.11 Å². The molecule has 2 atom stereocenters. The fourth-order valence-electron chi connectivity index (χ4n) is 2.81. The van der Waals surface area contributed by atoms with Crippen LogP contribution in [0.4, 0.5) is 5.69 Å². The smallest absolute Gasteiger partial charge is 0.244 e. The Morgan fingerprint density at radius 3 is 2.07 bits per heavy atom. The molecule has 0 unspecified atom stereocenters. The Kier molecular flexibility index (Phi) is 6.49. The summed E-state index contributed by atoms with van der Waals surface area (Å²) >= 11 is 0. The van der Waals surface area contributed by atoms with Crippen molar-refractivity contribution in [3.8, 4) is 5.75 Å². The van der Waals surface area contributed by atoms with Crippen LogP contribution in [0.3, 0.4) is 0 Å². The molecule has 0 aliphatic carbocycles. The molecule has 0 radical (unpaired) electrons. The van der Waals surface area contributed by atoms with Gasteiger partial charge >= 0.3 is 0 Å². The van der Waals surface area contributed by atoms with Gasteiger partial charge in [-0.25, -0.2) is 8.42 Å². The van der Waals surface area contributed by atoms with E-state index in [0.717, 1.165) is 21.7 Å². The van der Waals surface area contributed by atoms with Crippen LogP contribution in [0.2, 0.25) is 0 Å². The number of benzene rings is 2. The van der Waals surface area contributed by atoms with Gasteiger partial charge in [-0.2, -0.15) is 0 Å². The topological polar surface area (TPSA) is 75.7 Å². The number of sulfonamides is 1. The van der Waals surface area contributed by atoms with Crippen molar-refractivity contribution >= 4 is 21.6 Å². The second-order valence-electron chi connectivity index (χ2n) is 6.57. The number of amides is 1. The zero-order chi connectivity index (χ0) is 20.2. The number of carbonyl (C=O) groups excluding carboxylic acids is 1. The molecule has 0 spiro atoms. The number of methoxy groups -OCH3 is 1. The van der Waals surface area contributed by atoms with E-state index in [4.69, 9.17) is 4.74 Å². The van der Waals surface area contributed by atoms with Crippen LogP contribution in [-0.2, 0) is 14.8 Å². The summed E-state index contributed by atoms with van der Waals surface area (Å²) in [5.74, 6) is 0.238. The predicted molar refractivity (Wildman–Crippen MR) is 108 cm³/mol. The first-order valence-corrected chi connectivity index (χ1v) is 10.5. The van der Waals surface area contributed by atoms with Crippen LogP contribution in [0.15, 0.2) is 48.5 Å². The van der Waals surface area contributed by atoms with E-state index in [1.807, 2.05) is 38.1 Å². The Bertz CT molecular complexity index is 877. The predicted octanol–water partition coefficient (Wildman–Crippen LogP) is 3.04. The van der Waals surface area contributed by atoms with E-state index < -0.39 is 16.1 Å². The minimum Gasteiger partial charge on any atom is -0.497 e. The molecule has 6 nitrogen and oxygen atoms in total. The van der Waals surface area contributed by atoms with Crippen LogP contribution in [-0.4, -0.2) is 33.7 Å². The third-order valence-electron chi connectivity index (χ3n) is 4.35. The molecule has 0 aliphatic heterocycles. The highest BCUT2D eigenvalue weighted by Gasteiger charge is 2.29. The van der Waals surface area contributed by atoms with Crippen LogP contribution in [0.5, 0.6) is 5.75 Å². The van der Waals surface area contributed by atoms with Crippen LogP contribution in [0, 0.1) is 6.92 Å². The van der Waals surface area contributed by atoms with Crippen LogP contribution in [0.25, 0.3) is 0 Å². The molecule has 2 aromatic rings. The third kappa shape index (κ3) is 5.23. The normalized spacial score (nSPS) is 13.5.